The van der Waals surface area contributed by atoms with Crippen LogP contribution in [0, 0.1) is 0 Å². The summed E-state index contributed by atoms with van der Waals surface area (Å²) in [4.78, 5) is 24.2. The third kappa shape index (κ3) is 2.50. The van der Waals surface area contributed by atoms with E-state index in [0.29, 0.717) is 11.5 Å². The molecule has 1 atom stereocenters. The van der Waals surface area contributed by atoms with Gasteiger partial charge in [-0.1, -0.05) is 5.16 Å². The number of fused-ring (bicyclic) bond motifs is 2. The highest BCUT2D eigenvalue weighted by Gasteiger charge is 2.34. The lowest BCUT2D eigenvalue weighted by Crippen LogP contribution is -2.39. The topological polar surface area (TPSA) is 76.5 Å². The van der Waals surface area contributed by atoms with Crippen molar-refractivity contribution in [2.45, 2.75) is 51.0 Å². The van der Waals surface area contributed by atoms with Crippen LogP contribution >= 0.6 is 0 Å². The maximum atomic E-state index is 13.3. The van der Waals surface area contributed by atoms with Gasteiger partial charge in [-0.15, -0.1) is 0 Å². The molecule has 7 nitrogen and oxygen atoms in total. The average Bonchev–Trinajstić information content (AvgIpc) is 3.33. The van der Waals surface area contributed by atoms with E-state index >= 15 is 0 Å². The van der Waals surface area contributed by atoms with Crippen LogP contribution in [0.3, 0.4) is 0 Å². The van der Waals surface area contributed by atoms with Gasteiger partial charge in [0.05, 0.1) is 11.7 Å². The normalized spacial score (nSPS) is 20.3. The zero-order valence-corrected chi connectivity index (χ0v) is 14.6. The van der Waals surface area contributed by atoms with E-state index in [2.05, 4.69) is 15.1 Å². The molecule has 3 aromatic rings. The summed E-state index contributed by atoms with van der Waals surface area (Å²) in [7, 11) is 0. The van der Waals surface area contributed by atoms with Gasteiger partial charge < -0.3 is 9.42 Å². The van der Waals surface area contributed by atoms with E-state index in [4.69, 9.17) is 4.52 Å². The maximum Gasteiger partial charge on any atom is 0.276 e. The SMILES string of the molecule is O=C(c1noc2c1CCCC2)N1CCCCC1c1ccn2ccnc2n1. The molecule has 134 valence electrons. The van der Waals surface area contributed by atoms with Crippen LogP contribution in [-0.4, -0.2) is 36.9 Å². The molecule has 0 aromatic carbocycles. The molecular weight excluding hydrogens is 330 g/mol. The molecule has 0 N–H and O–H groups in total. The van der Waals surface area contributed by atoms with E-state index in [9.17, 15) is 4.79 Å². The number of hydrogen-bond acceptors (Lipinski definition) is 5. The number of carbonyl (C=O) groups excluding carboxylic acids is 1. The minimum absolute atomic E-state index is 0.0217. The van der Waals surface area contributed by atoms with Gasteiger partial charge in [0.25, 0.3) is 5.91 Å². The van der Waals surface area contributed by atoms with Crippen LogP contribution < -0.4 is 0 Å². The minimum atomic E-state index is -0.0334. The van der Waals surface area contributed by atoms with Gasteiger partial charge >= 0.3 is 0 Å². The summed E-state index contributed by atoms with van der Waals surface area (Å²) >= 11 is 0. The third-order valence-electron chi connectivity index (χ3n) is 5.54. The van der Waals surface area contributed by atoms with Crippen molar-refractivity contribution in [3.8, 4) is 0 Å². The highest BCUT2D eigenvalue weighted by molar-refractivity contribution is 5.94. The number of amides is 1. The Morgan fingerprint density at radius 3 is 3.04 bits per heavy atom. The standard InChI is InChI=1S/C19H21N5O2/c25-18(17-13-5-1-2-7-16(13)26-22-17)24-10-4-3-6-15(24)14-8-11-23-12-9-20-19(23)21-14/h8-9,11-12,15H,1-7,10H2. The number of piperidine rings is 1. The van der Waals surface area contributed by atoms with Crippen molar-refractivity contribution in [2.24, 2.45) is 0 Å². The summed E-state index contributed by atoms with van der Waals surface area (Å²) in [6, 6.07) is 1.96. The van der Waals surface area contributed by atoms with Crippen molar-refractivity contribution in [1.82, 2.24) is 24.4 Å². The van der Waals surface area contributed by atoms with Crippen molar-refractivity contribution in [3.63, 3.8) is 0 Å². The van der Waals surface area contributed by atoms with Gasteiger partial charge in [0, 0.05) is 37.1 Å². The van der Waals surface area contributed by atoms with Crippen molar-refractivity contribution >= 4 is 11.7 Å². The molecule has 0 bridgehead atoms. The van der Waals surface area contributed by atoms with E-state index in [-0.39, 0.29) is 11.9 Å². The maximum absolute atomic E-state index is 13.3. The highest BCUT2D eigenvalue weighted by atomic mass is 16.5. The second-order valence-electron chi connectivity index (χ2n) is 7.14. The molecule has 7 heteroatoms. The number of rotatable bonds is 2. The summed E-state index contributed by atoms with van der Waals surface area (Å²) in [5.41, 5.74) is 2.42. The van der Waals surface area contributed by atoms with Crippen molar-refractivity contribution in [2.75, 3.05) is 6.54 Å². The van der Waals surface area contributed by atoms with Gasteiger partial charge in [-0.05, 0) is 44.6 Å². The fraction of sp³-hybridized carbons (Fsp3) is 0.474. The predicted octanol–water partition coefficient (Wildman–Crippen LogP) is 2.96. The zero-order chi connectivity index (χ0) is 17.5. The average molecular weight is 351 g/mol. The monoisotopic (exact) mass is 351 g/mol. The number of carbonyl (C=O) groups is 1. The Bertz CT molecular complexity index is 960. The lowest BCUT2D eigenvalue weighted by atomic mass is 9.94. The Morgan fingerprint density at radius 2 is 2.08 bits per heavy atom. The molecule has 4 heterocycles. The molecular formula is C19H21N5O2. The van der Waals surface area contributed by atoms with Gasteiger partial charge in [-0.2, -0.15) is 0 Å². The quantitative estimate of drug-likeness (QED) is 0.709. The Hall–Kier alpha value is -2.70. The first-order valence-corrected chi connectivity index (χ1v) is 9.39. The number of nitrogens with zero attached hydrogens (tertiary/aromatic N) is 5. The molecule has 1 fully saturated rings. The number of aryl methyl sites for hydroxylation is 1. The second kappa shape index (κ2) is 6.23. The Balaban J connectivity index is 1.49. The Morgan fingerprint density at radius 1 is 1.15 bits per heavy atom. The Labute approximate surface area is 151 Å². The fourth-order valence-electron chi connectivity index (χ4n) is 4.17. The molecule has 1 saturated heterocycles. The van der Waals surface area contributed by atoms with E-state index < -0.39 is 0 Å². The van der Waals surface area contributed by atoms with Crippen LogP contribution in [0.15, 0.2) is 29.2 Å². The molecule has 0 radical (unpaired) electrons. The summed E-state index contributed by atoms with van der Waals surface area (Å²) in [6.45, 7) is 0.729. The molecule has 3 aromatic heterocycles. The van der Waals surface area contributed by atoms with Crippen LogP contribution in [0.25, 0.3) is 5.78 Å². The van der Waals surface area contributed by atoms with Gasteiger partial charge in [-0.25, -0.2) is 9.97 Å². The van der Waals surface area contributed by atoms with E-state index in [1.165, 1.54) is 0 Å². The first kappa shape index (κ1) is 15.5. The van der Waals surface area contributed by atoms with Crippen LogP contribution in [0.2, 0.25) is 0 Å². The molecule has 0 saturated carbocycles. The minimum Gasteiger partial charge on any atom is -0.360 e. The van der Waals surface area contributed by atoms with Gasteiger partial charge in [-0.3, -0.25) is 9.20 Å². The van der Waals surface area contributed by atoms with Crippen molar-refractivity contribution < 1.29 is 9.32 Å². The largest absolute Gasteiger partial charge is 0.360 e. The lowest BCUT2D eigenvalue weighted by molar-refractivity contribution is 0.0594. The van der Waals surface area contributed by atoms with Crippen LogP contribution in [0.1, 0.15) is 65.7 Å². The summed E-state index contributed by atoms with van der Waals surface area (Å²) < 4.78 is 7.34. The molecule has 5 rings (SSSR count). The summed E-state index contributed by atoms with van der Waals surface area (Å²) in [5, 5.41) is 4.14. The van der Waals surface area contributed by atoms with Crippen LogP contribution in [-0.2, 0) is 12.8 Å². The fourth-order valence-corrected chi connectivity index (χ4v) is 4.17. The van der Waals surface area contributed by atoms with Crippen LogP contribution in [0.5, 0.6) is 0 Å². The van der Waals surface area contributed by atoms with Gasteiger partial charge in [0.1, 0.15) is 5.76 Å². The summed E-state index contributed by atoms with van der Waals surface area (Å²) in [6.07, 6.45) is 12.5. The number of hydrogen-bond donors (Lipinski definition) is 0. The molecule has 0 spiro atoms. The smallest absolute Gasteiger partial charge is 0.276 e. The van der Waals surface area contributed by atoms with Gasteiger partial charge in [0.15, 0.2) is 5.69 Å². The number of aromatic nitrogens is 4. The summed E-state index contributed by atoms with van der Waals surface area (Å²) in [5.74, 6) is 1.54. The van der Waals surface area contributed by atoms with Gasteiger partial charge in [0.2, 0.25) is 5.78 Å². The number of imidazole rings is 1. The first-order chi connectivity index (χ1) is 12.8. The van der Waals surface area contributed by atoms with E-state index in [1.54, 1.807) is 6.20 Å². The van der Waals surface area contributed by atoms with E-state index in [1.807, 2.05) is 27.8 Å². The first-order valence-electron chi connectivity index (χ1n) is 9.39. The predicted molar refractivity (Wildman–Crippen MR) is 93.8 cm³/mol. The van der Waals surface area contributed by atoms with Crippen molar-refractivity contribution in [1.29, 1.82) is 0 Å². The second-order valence-corrected chi connectivity index (χ2v) is 7.14. The van der Waals surface area contributed by atoms with Crippen LogP contribution in [0.4, 0.5) is 0 Å². The molecule has 1 unspecified atom stereocenters. The molecule has 1 aliphatic heterocycles. The molecule has 26 heavy (non-hydrogen) atoms. The highest BCUT2D eigenvalue weighted by Crippen LogP contribution is 2.33. The number of likely N-dealkylation sites (tertiary alicyclic amines) is 1. The molecule has 1 amide bonds. The van der Waals surface area contributed by atoms with E-state index in [0.717, 1.165) is 68.5 Å². The molecule has 1 aliphatic carbocycles. The lowest BCUT2D eigenvalue weighted by Gasteiger charge is -2.35. The third-order valence-corrected chi connectivity index (χ3v) is 5.54. The Kier molecular flexibility index (Phi) is 3.72. The molecule has 2 aliphatic rings. The van der Waals surface area contributed by atoms with Crippen molar-refractivity contribution in [3.05, 3.63) is 47.4 Å². The zero-order valence-electron chi connectivity index (χ0n) is 14.6.